The highest BCUT2D eigenvalue weighted by Gasteiger charge is 2.23. The maximum absolute atomic E-state index is 13.5. The number of hydrogen-bond donors (Lipinski definition) is 1. The van der Waals surface area contributed by atoms with E-state index in [0.29, 0.717) is 24.5 Å². The lowest BCUT2D eigenvalue weighted by atomic mass is 9.88. The SMILES string of the molecule is O=C(C[C@H](c1cccc(Cl)c1)c1cn(Cc2ccc(F)cc2)c2ccccc12)NCCc1ccccn1. The molecule has 5 aromatic rings. The quantitative estimate of drug-likeness (QED) is 0.238. The number of fused-ring (bicyclic) bond motifs is 1. The van der Waals surface area contributed by atoms with Crippen molar-refractivity contribution in [2.75, 3.05) is 6.54 Å². The molecule has 0 aliphatic rings. The third-order valence-corrected chi connectivity index (χ3v) is 6.77. The summed E-state index contributed by atoms with van der Waals surface area (Å²) in [5, 5.41) is 4.77. The number of para-hydroxylation sites is 1. The Hall–Kier alpha value is -3.96. The van der Waals surface area contributed by atoms with Crippen LogP contribution in [0.1, 0.15) is 34.7 Å². The van der Waals surface area contributed by atoms with Gasteiger partial charge in [-0.1, -0.05) is 60.1 Å². The van der Waals surface area contributed by atoms with E-state index in [1.54, 1.807) is 18.3 Å². The zero-order valence-corrected chi connectivity index (χ0v) is 21.0. The van der Waals surface area contributed by atoms with Gasteiger partial charge in [-0.25, -0.2) is 4.39 Å². The summed E-state index contributed by atoms with van der Waals surface area (Å²) in [5.74, 6) is -0.471. The second-order valence-corrected chi connectivity index (χ2v) is 9.53. The number of pyridine rings is 1. The fourth-order valence-corrected chi connectivity index (χ4v) is 4.93. The molecule has 3 aromatic carbocycles. The van der Waals surface area contributed by atoms with Crippen molar-refractivity contribution >= 4 is 28.4 Å². The van der Waals surface area contributed by atoms with Gasteiger partial charge in [0.2, 0.25) is 5.91 Å². The first-order chi connectivity index (χ1) is 18.1. The highest BCUT2D eigenvalue weighted by atomic mass is 35.5. The lowest BCUT2D eigenvalue weighted by Gasteiger charge is -2.18. The van der Waals surface area contributed by atoms with E-state index in [9.17, 15) is 9.18 Å². The third kappa shape index (κ3) is 6.07. The Morgan fingerprint density at radius 2 is 1.78 bits per heavy atom. The van der Waals surface area contributed by atoms with Crippen molar-refractivity contribution in [3.63, 3.8) is 0 Å². The molecule has 5 rings (SSSR count). The maximum atomic E-state index is 13.5. The summed E-state index contributed by atoms with van der Waals surface area (Å²) in [6.07, 6.45) is 4.83. The number of aromatic nitrogens is 2. The largest absolute Gasteiger partial charge is 0.356 e. The number of nitrogens with zero attached hydrogens (tertiary/aromatic N) is 2. The molecular weight excluding hydrogens is 485 g/mol. The van der Waals surface area contributed by atoms with Crippen LogP contribution >= 0.6 is 11.6 Å². The van der Waals surface area contributed by atoms with Crippen LogP contribution in [0.25, 0.3) is 10.9 Å². The molecular formula is C31H27ClFN3O. The number of amides is 1. The molecule has 0 unspecified atom stereocenters. The minimum absolute atomic E-state index is 0.0312. The molecule has 2 heterocycles. The second kappa shape index (κ2) is 11.4. The summed E-state index contributed by atoms with van der Waals surface area (Å²) < 4.78 is 15.6. The Bertz CT molecular complexity index is 1500. The summed E-state index contributed by atoms with van der Waals surface area (Å²) in [5.41, 5.74) is 5.04. The Morgan fingerprint density at radius 3 is 2.57 bits per heavy atom. The van der Waals surface area contributed by atoms with Gasteiger partial charge in [0.1, 0.15) is 5.82 Å². The van der Waals surface area contributed by atoms with Gasteiger partial charge in [-0.2, -0.15) is 0 Å². The minimum atomic E-state index is -0.253. The molecule has 1 amide bonds. The molecule has 0 aliphatic carbocycles. The first kappa shape index (κ1) is 24.7. The van der Waals surface area contributed by atoms with Crippen LogP contribution in [-0.2, 0) is 17.8 Å². The molecule has 4 nitrogen and oxygen atoms in total. The monoisotopic (exact) mass is 511 g/mol. The molecule has 0 bridgehead atoms. The summed E-state index contributed by atoms with van der Waals surface area (Å²) in [6, 6.07) is 28.2. The maximum Gasteiger partial charge on any atom is 0.220 e. The van der Waals surface area contributed by atoms with Crippen LogP contribution in [0.4, 0.5) is 4.39 Å². The van der Waals surface area contributed by atoms with Gasteiger partial charge in [-0.05, 0) is 59.2 Å². The Kier molecular flexibility index (Phi) is 7.62. The highest BCUT2D eigenvalue weighted by Crippen LogP contribution is 2.36. The fraction of sp³-hybridized carbons (Fsp3) is 0.161. The Balaban J connectivity index is 1.44. The van der Waals surface area contributed by atoms with Crippen LogP contribution in [0.3, 0.4) is 0 Å². The molecule has 1 N–H and O–H groups in total. The second-order valence-electron chi connectivity index (χ2n) is 9.09. The number of carbonyl (C=O) groups excluding carboxylic acids is 1. The molecule has 0 fully saturated rings. The molecule has 0 saturated heterocycles. The number of rotatable bonds is 9. The topological polar surface area (TPSA) is 46.9 Å². The molecule has 0 aliphatic heterocycles. The van der Waals surface area contributed by atoms with Gasteiger partial charge in [0, 0.05) is 65.9 Å². The Morgan fingerprint density at radius 1 is 0.973 bits per heavy atom. The van der Waals surface area contributed by atoms with E-state index in [0.717, 1.165) is 33.3 Å². The molecule has 186 valence electrons. The van der Waals surface area contributed by atoms with Crippen LogP contribution in [0, 0.1) is 5.82 Å². The van der Waals surface area contributed by atoms with E-state index in [-0.39, 0.29) is 24.1 Å². The summed E-state index contributed by atoms with van der Waals surface area (Å²) in [7, 11) is 0. The van der Waals surface area contributed by atoms with Crippen molar-refractivity contribution in [1.29, 1.82) is 0 Å². The fourth-order valence-electron chi connectivity index (χ4n) is 4.73. The standard InChI is InChI=1S/C31H27ClFN3O/c32-24-7-5-6-23(18-24)28(19-31(37)35-17-15-26-8-3-4-16-34-26)29-21-36(30-10-2-1-9-27(29)30)20-22-11-13-25(33)14-12-22/h1-14,16,18,21,28H,15,17,19-20H2,(H,35,37)/t28-/m1/s1. The van der Waals surface area contributed by atoms with E-state index < -0.39 is 0 Å². The van der Waals surface area contributed by atoms with Gasteiger partial charge in [0.15, 0.2) is 0 Å². The van der Waals surface area contributed by atoms with Crippen LogP contribution in [-0.4, -0.2) is 22.0 Å². The lowest BCUT2D eigenvalue weighted by molar-refractivity contribution is -0.121. The van der Waals surface area contributed by atoms with Crippen molar-refractivity contribution in [3.05, 3.63) is 137 Å². The molecule has 1 atom stereocenters. The lowest BCUT2D eigenvalue weighted by Crippen LogP contribution is -2.27. The molecule has 2 aromatic heterocycles. The van der Waals surface area contributed by atoms with Crippen molar-refractivity contribution in [2.45, 2.75) is 25.3 Å². The van der Waals surface area contributed by atoms with Gasteiger partial charge in [0.25, 0.3) is 0 Å². The van der Waals surface area contributed by atoms with E-state index in [4.69, 9.17) is 11.6 Å². The number of carbonyl (C=O) groups is 1. The van der Waals surface area contributed by atoms with Crippen LogP contribution in [0.5, 0.6) is 0 Å². The number of nitrogens with one attached hydrogen (secondary N) is 1. The van der Waals surface area contributed by atoms with Crippen LogP contribution < -0.4 is 5.32 Å². The molecule has 37 heavy (non-hydrogen) atoms. The predicted octanol–water partition coefficient (Wildman–Crippen LogP) is 6.76. The normalized spacial score (nSPS) is 11.9. The van der Waals surface area contributed by atoms with Crippen molar-refractivity contribution in [1.82, 2.24) is 14.9 Å². The van der Waals surface area contributed by atoms with Gasteiger partial charge in [0.05, 0.1) is 0 Å². The average molecular weight is 512 g/mol. The zero-order chi connectivity index (χ0) is 25.6. The van der Waals surface area contributed by atoms with Gasteiger partial charge in [-0.3, -0.25) is 9.78 Å². The van der Waals surface area contributed by atoms with Crippen LogP contribution in [0.15, 0.2) is 103 Å². The van der Waals surface area contributed by atoms with Gasteiger partial charge < -0.3 is 9.88 Å². The molecule has 0 saturated carbocycles. The van der Waals surface area contributed by atoms with Gasteiger partial charge in [-0.15, -0.1) is 0 Å². The average Bonchev–Trinajstić information content (AvgIpc) is 3.27. The minimum Gasteiger partial charge on any atom is -0.356 e. The first-order valence-corrected chi connectivity index (χ1v) is 12.7. The Labute approximate surface area is 220 Å². The third-order valence-electron chi connectivity index (χ3n) is 6.53. The van der Waals surface area contributed by atoms with E-state index in [1.807, 2.05) is 54.6 Å². The number of hydrogen-bond acceptors (Lipinski definition) is 2. The first-order valence-electron chi connectivity index (χ1n) is 12.3. The molecule has 0 radical (unpaired) electrons. The van der Waals surface area contributed by atoms with E-state index in [1.165, 1.54) is 12.1 Å². The molecule has 6 heteroatoms. The summed E-state index contributed by atoms with van der Waals surface area (Å²) in [4.78, 5) is 17.5. The van der Waals surface area contributed by atoms with E-state index in [2.05, 4.69) is 33.2 Å². The van der Waals surface area contributed by atoms with Gasteiger partial charge >= 0.3 is 0 Å². The van der Waals surface area contributed by atoms with Crippen molar-refractivity contribution in [2.24, 2.45) is 0 Å². The highest BCUT2D eigenvalue weighted by molar-refractivity contribution is 6.30. The van der Waals surface area contributed by atoms with Crippen molar-refractivity contribution in [3.8, 4) is 0 Å². The summed E-state index contributed by atoms with van der Waals surface area (Å²) in [6.45, 7) is 1.11. The van der Waals surface area contributed by atoms with E-state index >= 15 is 0 Å². The summed E-state index contributed by atoms with van der Waals surface area (Å²) >= 11 is 6.36. The smallest absolute Gasteiger partial charge is 0.220 e. The van der Waals surface area contributed by atoms with Crippen LogP contribution in [0.2, 0.25) is 5.02 Å². The van der Waals surface area contributed by atoms with Crippen molar-refractivity contribution < 1.29 is 9.18 Å². The molecule has 0 spiro atoms. The number of benzene rings is 3. The predicted molar refractivity (Wildman–Crippen MR) is 146 cm³/mol. The zero-order valence-electron chi connectivity index (χ0n) is 20.3. The number of halogens is 2.